The Bertz CT molecular complexity index is 1300. The van der Waals surface area contributed by atoms with Crippen molar-refractivity contribution in [2.45, 2.75) is 68.5 Å². The number of ether oxygens (including phenoxy) is 3. The number of esters is 2. The Morgan fingerprint density at radius 1 is 1.16 bits per heavy atom. The molecule has 8 nitrogen and oxygen atoms in total. The third-order valence-corrected chi connectivity index (χ3v) is 8.68. The number of aryl methyl sites for hydroxylation is 1. The first-order chi connectivity index (χ1) is 17.7. The Kier molecular flexibility index (Phi) is 5.49. The van der Waals surface area contributed by atoms with Crippen LogP contribution in [0.1, 0.15) is 48.1 Å². The molecule has 0 aromatic heterocycles. The Morgan fingerprint density at radius 2 is 1.92 bits per heavy atom. The van der Waals surface area contributed by atoms with E-state index in [1.165, 1.54) is 6.92 Å². The molecule has 2 aromatic carbocycles. The van der Waals surface area contributed by atoms with Gasteiger partial charge >= 0.3 is 11.9 Å². The monoisotopic (exact) mass is 505 g/mol. The molecule has 2 aromatic rings. The molecule has 194 valence electrons. The molecule has 0 saturated carbocycles. The van der Waals surface area contributed by atoms with Crippen molar-refractivity contribution >= 4 is 11.9 Å². The Morgan fingerprint density at radius 3 is 2.65 bits per heavy atom. The van der Waals surface area contributed by atoms with Gasteiger partial charge < -0.3 is 29.3 Å². The van der Waals surface area contributed by atoms with Crippen LogP contribution in [-0.4, -0.2) is 64.5 Å². The van der Waals surface area contributed by atoms with E-state index in [0.717, 1.165) is 35.4 Å². The zero-order chi connectivity index (χ0) is 26.1. The quantitative estimate of drug-likeness (QED) is 0.598. The van der Waals surface area contributed by atoms with Crippen LogP contribution in [0.15, 0.2) is 54.3 Å². The van der Waals surface area contributed by atoms with Gasteiger partial charge in [0.15, 0.2) is 6.10 Å². The number of carbonyl (C=O) groups is 2. The lowest BCUT2D eigenvalue weighted by atomic mass is 9.50. The summed E-state index contributed by atoms with van der Waals surface area (Å²) in [5.74, 6) is -0.639. The van der Waals surface area contributed by atoms with E-state index in [1.807, 2.05) is 20.0 Å². The number of piperidine rings is 1. The van der Waals surface area contributed by atoms with E-state index in [-0.39, 0.29) is 6.04 Å². The fourth-order valence-corrected chi connectivity index (χ4v) is 6.85. The second-order valence-corrected chi connectivity index (χ2v) is 10.7. The lowest BCUT2D eigenvalue weighted by Gasteiger charge is -2.61. The Balaban J connectivity index is 1.39. The van der Waals surface area contributed by atoms with Gasteiger partial charge in [0.25, 0.3) is 0 Å². The van der Waals surface area contributed by atoms with Crippen LogP contribution in [0, 0.1) is 6.92 Å². The molecule has 8 heteroatoms. The number of likely N-dealkylation sites (tertiary alicyclic amines) is 1. The Hall–Kier alpha value is -3.20. The second-order valence-electron chi connectivity index (χ2n) is 10.7. The van der Waals surface area contributed by atoms with Crippen LogP contribution in [0.4, 0.5) is 0 Å². The SMILES string of the molecule is Cc1ccc2c3c1O[C@H]1C(OC(=O)[C@@H](OC(=O)[C@H](C)O)c4ccccc4)=CC[C@@]4(O)[C@@H](C2)N(C)CC[C@]314. The van der Waals surface area contributed by atoms with Crippen molar-refractivity contribution in [3.8, 4) is 5.75 Å². The Labute approximate surface area is 215 Å². The summed E-state index contributed by atoms with van der Waals surface area (Å²) < 4.78 is 17.9. The summed E-state index contributed by atoms with van der Waals surface area (Å²) in [6, 6.07) is 12.6. The molecule has 0 unspecified atom stereocenters. The van der Waals surface area contributed by atoms with Gasteiger partial charge in [-0.15, -0.1) is 0 Å². The van der Waals surface area contributed by atoms with E-state index in [9.17, 15) is 19.8 Å². The lowest BCUT2D eigenvalue weighted by Crippen LogP contribution is -2.74. The summed E-state index contributed by atoms with van der Waals surface area (Å²) in [4.78, 5) is 28.0. The van der Waals surface area contributed by atoms with Crippen LogP contribution in [0.2, 0.25) is 0 Å². The fourth-order valence-electron chi connectivity index (χ4n) is 6.85. The van der Waals surface area contributed by atoms with Gasteiger partial charge in [-0.3, -0.25) is 0 Å². The van der Waals surface area contributed by atoms with Gasteiger partial charge in [0.2, 0.25) is 6.10 Å². The van der Waals surface area contributed by atoms with Crippen molar-refractivity contribution in [1.29, 1.82) is 0 Å². The molecule has 2 aliphatic heterocycles. The molecule has 2 N–H and O–H groups in total. The predicted octanol–water partition coefficient (Wildman–Crippen LogP) is 2.48. The van der Waals surface area contributed by atoms with E-state index in [2.05, 4.69) is 11.0 Å². The standard InChI is InChI=1S/C29H31NO7/c1-16-9-10-19-15-21-29(34)12-11-20(25-28(29,13-14-30(21)3)22(19)23(16)36-25)35-27(33)24(37-26(32)17(2)31)18-7-5-4-6-8-18/h4-11,17,21,24-25,31,34H,12-15H2,1-3H3/t17-,21+,24-,25-,28-,29+/m0/s1. The van der Waals surface area contributed by atoms with Crippen LogP contribution in [0.5, 0.6) is 5.75 Å². The van der Waals surface area contributed by atoms with Crippen LogP contribution < -0.4 is 4.74 Å². The first kappa shape index (κ1) is 24.2. The largest absolute Gasteiger partial charge is 0.481 e. The number of aliphatic hydroxyl groups is 2. The van der Waals surface area contributed by atoms with E-state index >= 15 is 0 Å². The fraction of sp³-hybridized carbons (Fsp3) is 0.448. The van der Waals surface area contributed by atoms with Crippen molar-refractivity contribution in [2.75, 3.05) is 13.6 Å². The van der Waals surface area contributed by atoms with Crippen molar-refractivity contribution in [2.24, 2.45) is 0 Å². The number of hydrogen-bond donors (Lipinski definition) is 2. The molecule has 0 amide bonds. The summed E-state index contributed by atoms with van der Waals surface area (Å²) in [5, 5.41) is 22.0. The first-order valence-electron chi connectivity index (χ1n) is 12.7. The highest BCUT2D eigenvalue weighted by Gasteiger charge is 2.71. The molecule has 1 fully saturated rings. The van der Waals surface area contributed by atoms with E-state index < -0.39 is 41.3 Å². The summed E-state index contributed by atoms with van der Waals surface area (Å²) in [5.41, 5.74) is 1.77. The minimum absolute atomic E-state index is 0.0916. The number of carbonyl (C=O) groups excluding carboxylic acids is 2. The topological polar surface area (TPSA) is 106 Å². The number of nitrogens with zero attached hydrogens (tertiary/aromatic N) is 1. The summed E-state index contributed by atoms with van der Waals surface area (Å²) >= 11 is 0. The smallest absolute Gasteiger partial charge is 0.357 e. The number of benzene rings is 2. The van der Waals surface area contributed by atoms with Crippen LogP contribution in [0.25, 0.3) is 0 Å². The molecule has 2 bridgehead atoms. The van der Waals surface area contributed by atoms with Gasteiger partial charge in [-0.2, -0.15) is 0 Å². The number of hydrogen-bond acceptors (Lipinski definition) is 8. The number of aliphatic hydroxyl groups excluding tert-OH is 1. The highest BCUT2D eigenvalue weighted by atomic mass is 16.6. The minimum Gasteiger partial charge on any atom is -0.481 e. The third kappa shape index (κ3) is 3.32. The first-order valence-corrected chi connectivity index (χ1v) is 12.7. The molecular weight excluding hydrogens is 474 g/mol. The van der Waals surface area contributed by atoms with E-state index in [0.29, 0.717) is 24.2 Å². The van der Waals surface area contributed by atoms with E-state index in [1.54, 1.807) is 36.4 Å². The maximum atomic E-state index is 13.5. The molecule has 37 heavy (non-hydrogen) atoms. The van der Waals surface area contributed by atoms with Gasteiger partial charge in [-0.25, -0.2) is 9.59 Å². The maximum Gasteiger partial charge on any atom is 0.357 e. The maximum absolute atomic E-state index is 13.5. The molecule has 2 heterocycles. The van der Waals surface area contributed by atoms with Crippen molar-refractivity contribution in [3.05, 3.63) is 76.6 Å². The van der Waals surface area contributed by atoms with Gasteiger partial charge in [-0.05, 0) is 57.5 Å². The summed E-state index contributed by atoms with van der Waals surface area (Å²) in [7, 11) is 2.04. The minimum atomic E-state index is -1.39. The molecule has 6 atom stereocenters. The van der Waals surface area contributed by atoms with Gasteiger partial charge in [0, 0.05) is 23.6 Å². The summed E-state index contributed by atoms with van der Waals surface area (Å²) in [6.45, 7) is 4.04. The van der Waals surface area contributed by atoms with E-state index in [4.69, 9.17) is 14.2 Å². The molecular formula is C29H31NO7. The average Bonchev–Trinajstić information content (AvgIpc) is 3.24. The van der Waals surface area contributed by atoms with Crippen LogP contribution >= 0.6 is 0 Å². The zero-order valence-corrected chi connectivity index (χ0v) is 21.1. The molecule has 6 rings (SSSR count). The van der Waals surface area contributed by atoms with Crippen molar-refractivity contribution < 1.29 is 34.0 Å². The lowest BCUT2D eigenvalue weighted by molar-refractivity contribution is -0.178. The third-order valence-electron chi connectivity index (χ3n) is 8.68. The highest BCUT2D eigenvalue weighted by Crippen LogP contribution is 2.64. The normalized spacial score (nSPS) is 30.9. The summed E-state index contributed by atoms with van der Waals surface area (Å²) in [6.07, 6.45) is -0.0151. The van der Waals surface area contributed by atoms with Gasteiger partial charge in [0.1, 0.15) is 17.6 Å². The predicted molar refractivity (Wildman–Crippen MR) is 133 cm³/mol. The number of likely N-dealkylation sites (N-methyl/N-ethyl adjacent to an activating group) is 1. The molecule has 1 spiro atoms. The van der Waals surface area contributed by atoms with Crippen molar-refractivity contribution in [1.82, 2.24) is 4.90 Å². The molecule has 4 aliphatic rings. The van der Waals surface area contributed by atoms with Crippen molar-refractivity contribution in [3.63, 3.8) is 0 Å². The average molecular weight is 506 g/mol. The zero-order valence-electron chi connectivity index (χ0n) is 21.1. The van der Waals surface area contributed by atoms with Gasteiger partial charge in [0.05, 0.1) is 11.0 Å². The molecule has 0 radical (unpaired) electrons. The number of rotatable bonds is 5. The molecule has 2 aliphatic carbocycles. The van der Waals surface area contributed by atoms with Gasteiger partial charge in [-0.1, -0.05) is 42.5 Å². The molecule has 1 saturated heterocycles. The highest BCUT2D eigenvalue weighted by molar-refractivity contribution is 5.83. The van der Waals surface area contributed by atoms with Crippen LogP contribution in [-0.2, 0) is 30.9 Å². The van der Waals surface area contributed by atoms with Crippen LogP contribution in [0.3, 0.4) is 0 Å². The second kappa shape index (κ2) is 8.41.